The summed E-state index contributed by atoms with van der Waals surface area (Å²) >= 11 is 0. The number of nitrogens with zero attached hydrogens (tertiary/aromatic N) is 4. The molecule has 2 aromatic rings. The number of rotatable bonds is 6. The summed E-state index contributed by atoms with van der Waals surface area (Å²) in [7, 11) is -0.412. The number of aromatic nitrogens is 2. The molecule has 1 amide bonds. The van der Waals surface area contributed by atoms with Crippen LogP contribution in [-0.2, 0) is 15.6 Å². The van der Waals surface area contributed by atoms with Gasteiger partial charge in [-0.25, -0.2) is 9.97 Å². The summed E-state index contributed by atoms with van der Waals surface area (Å²) in [5.41, 5.74) is 6.52. The minimum Gasteiger partial charge on any atom is -0.382 e. The number of carbonyl (C=O) groups excluding carboxylic acids is 1. The lowest BCUT2D eigenvalue weighted by Crippen LogP contribution is -2.52. The molecular formula is C19H26N6O3S. The van der Waals surface area contributed by atoms with Crippen molar-refractivity contribution in [2.75, 3.05) is 39.5 Å². The number of amides is 1. The van der Waals surface area contributed by atoms with Crippen molar-refractivity contribution in [3.05, 3.63) is 54.0 Å². The minimum atomic E-state index is -3.47. The van der Waals surface area contributed by atoms with Crippen LogP contribution < -0.4 is 11.1 Å². The Morgan fingerprint density at radius 2 is 1.79 bits per heavy atom. The first kappa shape index (κ1) is 21.2. The molecule has 1 fully saturated rings. The molecule has 1 aromatic heterocycles. The zero-order valence-electron chi connectivity index (χ0n) is 16.6. The van der Waals surface area contributed by atoms with Crippen molar-refractivity contribution in [2.24, 2.45) is 0 Å². The lowest BCUT2D eigenvalue weighted by molar-refractivity contribution is 0.0928. The van der Waals surface area contributed by atoms with E-state index in [1.807, 2.05) is 30.3 Å². The lowest BCUT2D eigenvalue weighted by atomic mass is 9.73. The number of hydrogen-bond donors (Lipinski definition) is 2. The van der Waals surface area contributed by atoms with Gasteiger partial charge in [0.25, 0.3) is 16.1 Å². The van der Waals surface area contributed by atoms with E-state index in [0.29, 0.717) is 32.5 Å². The Morgan fingerprint density at radius 1 is 1.17 bits per heavy atom. The molecule has 0 spiro atoms. The molecule has 10 heteroatoms. The molecule has 156 valence electrons. The molecule has 0 atom stereocenters. The second-order valence-corrected chi connectivity index (χ2v) is 9.45. The van der Waals surface area contributed by atoms with Crippen LogP contribution in [0.2, 0.25) is 0 Å². The van der Waals surface area contributed by atoms with Gasteiger partial charge in [-0.05, 0) is 18.4 Å². The Kier molecular flexibility index (Phi) is 6.15. The van der Waals surface area contributed by atoms with Gasteiger partial charge in [0.1, 0.15) is 0 Å². The topological polar surface area (TPSA) is 122 Å². The first-order valence-electron chi connectivity index (χ1n) is 9.34. The SMILES string of the molecule is CN(C)S(=O)(=O)N1CCC(CNC(=O)c2nccnc2N)(c2ccccc2)CC1. The number of carbonyl (C=O) groups is 1. The van der Waals surface area contributed by atoms with Crippen LogP contribution in [0.15, 0.2) is 42.7 Å². The van der Waals surface area contributed by atoms with Gasteiger partial charge in [-0.3, -0.25) is 4.79 Å². The number of hydrogen-bond acceptors (Lipinski definition) is 6. The fraction of sp³-hybridized carbons (Fsp3) is 0.421. The predicted octanol–water partition coefficient (Wildman–Crippen LogP) is 0.629. The smallest absolute Gasteiger partial charge is 0.281 e. The van der Waals surface area contributed by atoms with Gasteiger partial charge in [-0.15, -0.1) is 0 Å². The zero-order chi connectivity index (χ0) is 21.1. The van der Waals surface area contributed by atoms with Crippen molar-refractivity contribution in [2.45, 2.75) is 18.3 Å². The Balaban J connectivity index is 1.80. The molecule has 1 aliphatic rings. The van der Waals surface area contributed by atoms with E-state index in [1.54, 1.807) is 0 Å². The molecule has 1 aromatic carbocycles. The molecule has 0 bridgehead atoms. The highest BCUT2D eigenvalue weighted by molar-refractivity contribution is 7.86. The average molecular weight is 419 g/mol. The largest absolute Gasteiger partial charge is 0.382 e. The predicted molar refractivity (Wildman–Crippen MR) is 110 cm³/mol. The highest BCUT2D eigenvalue weighted by Gasteiger charge is 2.40. The number of nitrogens with one attached hydrogen (secondary N) is 1. The van der Waals surface area contributed by atoms with Gasteiger partial charge in [-0.1, -0.05) is 30.3 Å². The van der Waals surface area contributed by atoms with Crippen LogP contribution in [0, 0.1) is 0 Å². The third-order valence-corrected chi connectivity index (χ3v) is 7.32. The molecule has 1 saturated heterocycles. The molecule has 0 radical (unpaired) electrons. The Hall–Kier alpha value is -2.56. The lowest BCUT2D eigenvalue weighted by Gasteiger charge is -2.42. The maximum atomic E-state index is 12.6. The normalized spacial score (nSPS) is 17.2. The van der Waals surface area contributed by atoms with E-state index in [9.17, 15) is 13.2 Å². The van der Waals surface area contributed by atoms with Crippen molar-refractivity contribution in [1.82, 2.24) is 23.9 Å². The van der Waals surface area contributed by atoms with Crippen LogP contribution in [0.25, 0.3) is 0 Å². The summed E-state index contributed by atoms with van der Waals surface area (Å²) in [6, 6.07) is 9.85. The Labute approximate surface area is 171 Å². The minimum absolute atomic E-state index is 0.0747. The van der Waals surface area contributed by atoms with E-state index >= 15 is 0 Å². The summed E-state index contributed by atoms with van der Waals surface area (Å²) in [5, 5.41) is 2.93. The van der Waals surface area contributed by atoms with Crippen LogP contribution in [0.5, 0.6) is 0 Å². The van der Waals surface area contributed by atoms with Crippen LogP contribution >= 0.6 is 0 Å². The molecule has 0 saturated carbocycles. The molecule has 9 nitrogen and oxygen atoms in total. The van der Waals surface area contributed by atoms with Crippen LogP contribution in [0.1, 0.15) is 28.9 Å². The first-order valence-corrected chi connectivity index (χ1v) is 10.7. The van der Waals surface area contributed by atoms with E-state index in [4.69, 9.17) is 5.73 Å². The maximum absolute atomic E-state index is 12.6. The Bertz CT molecular complexity index is 957. The van der Waals surface area contributed by atoms with Crippen molar-refractivity contribution >= 4 is 21.9 Å². The summed E-state index contributed by atoms with van der Waals surface area (Å²) < 4.78 is 27.7. The number of anilines is 1. The van der Waals surface area contributed by atoms with Crippen molar-refractivity contribution in [3.63, 3.8) is 0 Å². The van der Waals surface area contributed by atoms with E-state index in [1.165, 1.54) is 35.1 Å². The quantitative estimate of drug-likeness (QED) is 0.710. The number of piperidine rings is 1. The van der Waals surface area contributed by atoms with Gasteiger partial charge < -0.3 is 11.1 Å². The van der Waals surface area contributed by atoms with E-state index in [0.717, 1.165) is 5.56 Å². The molecule has 3 N–H and O–H groups in total. The van der Waals surface area contributed by atoms with E-state index < -0.39 is 16.1 Å². The molecule has 0 aliphatic carbocycles. The third kappa shape index (κ3) is 4.39. The molecule has 3 rings (SSSR count). The molecule has 0 unspecified atom stereocenters. The number of nitrogen functional groups attached to an aromatic ring is 1. The van der Waals surface area contributed by atoms with Crippen molar-refractivity contribution in [1.29, 1.82) is 0 Å². The number of benzene rings is 1. The molecule has 2 heterocycles. The van der Waals surface area contributed by atoms with E-state index in [2.05, 4.69) is 15.3 Å². The molecule has 29 heavy (non-hydrogen) atoms. The van der Waals surface area contributed by atoms with Crippen molar-refractivity contribution < 1.29 is 13.2 Å². The maximum Gasteiger partial charge on any atom is 0.281 e. The molecule has 1 aliphatic heterocycles. The standard InChI is InChI=1S/C19H26N6O3S/c1-24(2)29(27,28)25-12-8-19(9-13-25,15-6-4-3-5-7-15)14-23-18(26)16-17(20)22-11-10-21-16/h3-7,10-11H,8-9,12-14H2,1-2H3,(H2,20,22)(H,23,26). The highest BCUT2D eigenvalue weighted by Crippen LogP contribution is 2.36. The van der Waals surface area contributed by atoms with E-state index in [-0.39, 0.29) is 16.9 Å². The summed E-state index contributed by atoms with van der Waals surface area (Å²) in [4.78, 5) is 20.5. The summed E-state index contributed by atoms with van der Waals surface area (Å²) in [6.45, 7) is 1.10. The fourth-order valence-corrected chi connectivity index (χ4v) is 4.70. The van der Waals surface area contributed by atoms with Gasteiger partial charge in [0.05, 0.1) is 0 Å². The van der Waals surface area contributed by atoms with Gasteiger partial charge in [0.15, 0.2) is 11.5 Å². The van der Waals surface area contributed by atoms with Crippen LogP contribution in [-0.4, -0.2) is 66.6 Å². The van der Waals surface area contributed by atoms with Gasteiger partial charge in [0.2, 0.25) is 0 Å². The van der Waals surface area contributed by atoms with Crippen LogP contribution in [0.3, 0.4) is 0 Å². The highest BCUT2D eigenvalue weighted by atomic mass is 32.2. The third-order valence-electron chi connectivity index (χ3n) is 5.38. The number of nitrogens with two attached hydrogens (primary N) is 1. The van der Waals surface area contributed by atoms with Crippen LogP contribution in [0.4, 0.5) is 5.82 Å². The first-order chi connectivity index (χ1) is 13.8. The summed E-state index contributed by atoms with van der Waals surface area (Å²) in [6.07, 6.45) is 4.02. The average Bonchev–Trinajstić information content (AvgIpc) is 2.73. The summed E-state index contributed by atoms with van der Waals surface area (Å²) in [5.74, 6) is -0.320. The fourth-order valence-electron chi connectivity index (χ4n) is 3.59. The van der Waals surface area contributed by atoms with Gasteiger partial charge in [0, 0.05) is 51.5 Å². The molecular weight excluding hydrogens is 392 g/mol. The second-order valence-electron chi connectivity index (χ2n) is 7.31. The zero-order valence-corrected chi connectivity index (χ0v) is 17.4. The van der Waals surface area contributed by atoms with Gasteiger partial charge in [-0.2, -0.15) is 17.0 Å². The van der Waals surface area contributed by atoms with Crippen molar-refractivity contribution in [3.8, 4) is 0 Å². The van der Waals surface area contributed by atoms with Gasteiger partial charge >= 0.3 is 0 Å². The second kappa shape index (κ2) is 8.44. The monoisotopic (exact) mass is 418 g/mol. The Morgan fingerprint density at radius 3 is 2.38 bits per heavy atom.